The van der Waals surface area contributed by atoms with Crippen LogP contribution in [-0.2, 0) is 13.0 Å². The van der Waals surface area contributed by atoms with Gasteiger partial charge >= 0.3 is 0 Å². The lowest BCUT2D eigenvalue weighted by atomic mass is 9.89. The molecular weight excluding hydrogens is 533 g/mol. The molecule has 2 heterocycles. The molecule has 212 valence electrons. The number of nitrogens with one attached hydrogen (secondary N) is 2. The van der Waals surface area contributed by atoms with Crippen molar-refractivity contribution in [3.05, 3.63) is 113 Å². The molecule has 5 aromatic rings. The van der Waals surface area contributed by atoms with E-state index in [1.54, 1.807) is 56.6 Å². The van der Waals surface area contributed by atoms with E-state index in [0.29, 0.717) is 28.9 Å². The number of benzene rings is 4. The van der Waals surface area contributed by atoms with Gasteiger partial charge in [0.25, 0.3) is 11.8 Å². The summed E-state index contributed by atoms with van der Waals surface area (Å²) in [5.74, 6) is -0.515. The molecule has 1 aliphatic rings. The molecule has 1 aliphatic heterocycles. The van der Waals surface area contributed by atoms with Gasteiger partial charge in [-0.1, -0.05) is 42.5 Å². The van der Waals surface area contributed by atoms with Gasteiger partial charge in [0.2, 0.25) is 0 Å². The van der Waals surface area contributed by atoms with Crippen LogP contribution in [-0.4, -0.2) is 53.5 Å². The molecule has 1 atom stereocenters. The number of ether oxygens (including phenoxy) is 1. The third-order valence-electron chi connectivity index (χ3n) is 7.66. The summed E-state index contributed by atoms with van der Waals surface area (Å²) in [5.41, 5.74) is 5.70. The molecule has 0 spiro atoms. The normalized spacial score (nSPS) is 12.7. The largest absolute Gasteiger partial charge is 0.488 e. The zero-order valence-electron chi connectivity index (χ0n) is 23.3. The Morgan fingerprint density at radius 3 is 2.55 bits per heavy atom. The molecule has 0 radical (unpaired) electrons. The summed E-state index contributed by atoms with van der Waals surface area (Å²) >= 11 is 0. The van der Waals surface area contributed by atoms with Crippen LogP contribution < -0.4 is 10.1 Å². The number of hydrogen-bond donors (Lipinski definition) is 3. The van der Waals surface area contributed by atoms with E-state index < -0.39 is 17.8 Å². The Labute approximate surface area is 242 Å². The molecule has 1 aromatic heterocycles. The highest BCUT2D eigenvalue weighted by molar-refractivity contribution is 6.04. The van der Waals surface area contributed by atoms with E-state index in [-0.39, 0.29) is 30.2 Å². The second-order valence-electron chi connectivity index (χ2n) is 10.7. The Balaban J connectivity index is 1.39. The van der Waals surface area contributed by atoms with Crippen molar-refractivity contribution in [3.8, 4) is 28.0 Å². The number of carbonyl (C=O) groups is 2. The maximum Gasteiger partial charge on any atom is 0.253 e. The fourth-order valence-electron chi connectivity index (χ4n) is 5.51. The minimum Gasteiger partial charge on any atom is -0.488 e. The lowest BCUT2D eigenvalue weighted by Gasteiger charge is -2.25. The van der Waals surface area contributed by atoms with Gasteiger partial charge in [0.15, 0.2) is 0 Å². The number of aliphatic hydroxyl groups excluding tert-OH is 1. The van der Waals surface area contributed by atoms with E-state index >= 15 is 4.39 Å². The lowest BCUT2D eigenvalue weighted by Crippen LogP contribution is -2.39. The number of H-pyrrole nitrogens is 1. The smallest absolute Gasteiger partial charge is 0.253 e. The highest BCUT2D eigenvalue weighted by Crippen LogP contribution is 2.42. The van der Waals surface area contributed by atoms with Crippen LogP contribution in [0.3, 0.4) is 0 Å². The van der Waals surface area contributed by atoms with Crippen molar-refractivity contribution in [1.82, 2.24) is 15.2 Å². The van der Waals surface area contributed by atoms with Crippen LogP contribution in [0.2, 0.25) is 0 Å². The number of hydrogen-bond acceptors (Lipinski definition) is 4. The van der Waals surface area contributed by atoms with Crippen LogP contribution in [0.15, 0.2) is 85.1 Å². The predicted molar refractivity (Wildman–Crippen MR) is 160 cm³/mol. The van der Waals surface area contributed by atoms with Gasteiger partial charge in [-0.15, -0.1) is 0 Å². The number of para-hydroxylation sites is 1. The van der Waals surface area contributed by atoms with Crippen LogP contribution in [0, 0.1) is 5.82 Å². The molecule has 7 nitrogen and oxygen atoms in total. The Morgan fingerprint density at radius 1 is 0.976 bits per heavy atom. The lowest BCUT2D eigenvalue weighted by molar-refractivity contribution is 0.0827. The zero-order valence-corrected chi connectivity index (χ0v) is 23.3. The first-order valence-electron chi connectivity index (χ1n) is 13.7. The van der Waals surface area contributed by atoms with Gasteiger partial charge in [-0.25, -0.2) is 4.39 Å². The number of nitrogens with zero attached hydrogens (tertiary/aromatic N) is 1. The Bertz CT molecular complexity index is 1830. The average molecular weight is 564 g/mol. The number of fused-ring (bicyclic) bond motifs is 4. The van der Waals surface area contributed by atoms with E-state index in [0.717, 1.165) is 27.6 Å². The van der Waals surface area contributed by atoms with Crippen molar-refractivity contribution in [2.24, 2.45) is 0 Å². The second-order valence-corrected chi connectivity index (χ2v) is 10.7. The van der Waals surface area contributed by atoms with Gasteiger partial charge < -0.3 is 25.0 Å². The van der Waals surface area contributed by atoms with E-state index in [1.807, 2.05) is 36.5 Å². The highest BCUT2D eigenvalue weighted by atomic mass is 19.1. The molecule has 2 amide bonds. The Morgan fingerprint density at radius 2 is 1.76 bits per heavy atom. The number of halogens is 1. The number of rotatable bonds is 7. The third-order valence-corrected chi connectivity index (χ3v) is 7.66. The molecule has 0 aliphatic carbocycles. The van der Waals surface area contributed by atoms with Crippen molar-refractivity contribution in [2.45, 2.75) is 19.1 Å². The molecule has 0 fully saturated rings. The van der Waals surface area contributed by atoms with Crippen molar-refractivity contribution in [3.63, 3.8) is 0 Å². The number of aromatic amines is 1. The maximum atomic E-state index is 15.1. The number of aromatic nitrogens is 1. The van der Waals surface area contributed by atoms with Crippen molar-refractivity contribution >= 4 is 22.7 Å². The summed E-state index contributed by atoms with van der Waals surface area (Å²) in [6.07, 6.45) is 2.29. The third kappa shape index (κ3) is 5.01. The molecule has 6 rings (SSSR count). The van der Waals surface area contributed by atoms with Crippen LogP contribution in [0.4, 0.5) is 4.39 Å². The van der Waals surface area contributed by atoms with Crippen molar-refractivity contribution in [2.75, 3.05) is 20.7 Å². The monoisotopic (exact) mass is 563 g/mol. The molecule has 4 aromatic carbocycles. The average Bonchev–Trinajstić information content (AvgIpc) is 3.42. The number of aliphatic hydroxyl groups is 1. The predicted octanol–water partition coefficient (Wildman–Crippen LogP) is 5.57. The van der Waals surface area contributed by atoms with Gasteiger partial charge in [0.1, 0.15) is 18.2 Å². The molecular formula is C34H30FN3O4. The maximum absolute atomic E-state index is 15.1. The van der Waals surface area contributed by atoms with E-state index in [4.69, 9.17) is 4.74 Å². The fraction of sp³-hybridized carbons (Fsp3) is 0.176. The Kier molecular flexibility index (Phi) is 7.22. The number of amides is 2. The van der Waals surface area contributed by atoms with Crippen LogP contribution in [0.25, 0.3) is 33.2 Å². The van der Waals surface area contributed by atoms with Gasteiger partial charge in [0.05, 0.1) is 12.6 Å². The second kappa shape index (κ2) is 11.1. The standard InChI is InChI=1S/C34H30FN3O4/c1-38(2)34(41)20-11-12-24-22(13-20)19-42-32-16-27(26-8-3-5-9-30(26)35)29(15-28(24)32)33(40)37-23(18-39)14-21-17-36-31-10-6-4-7-25(21)31/h3-13,15-17,23,36,39H,14,18-19H2,1-2H3,(H,37,40)/t23-/m1/s1. The van der Waals surface area contributed by atoms with Crippen molar-refractivity contribution < 1.29 is 23.8 Å². The molecule has 0 saturated carbocycles. The summed E-state index contributed by atoms with van der Waals surface area (Å²) in [6, 6.07) is 22.4. The molecule has 8 heteroatoms. The molecule has 0 unspecified atom stereocenters. The summed E-state index contributed by atoms with van der Waals surface area (Å²) < 4.78 is 21.1. The van der Waals surface area contributed by atoms with Gasteiger partial charge in [0, 0.05) is 59.0 Å². The topological polar surface area (TPSA) is 94.7 Å². The minimum atomic E-state index is -0.579. The van der Waals surface area contributed by atoms with Crippen LogP contribution >= 0.6 is 0 Å². The first-order chi connectivity index (χ1) is 20.3. The number of carbonyl (C=O) groups excluding carboxylic acids is 2. The molecule has 0 saturated heterocycles. The van der Waals surface area contributed by atoms with E-state index in [2.05, 4.69) is 10.3 Å². The quantitative estimate of drug-likeness (QED) is 0.241. The zero-order chi connectivity index (χ0) is 29.4. The summed E-state index contributed by atoms with van der Waals surface area (Å²) in [6.45, 7) is -0.0454. The SMILES string of the molecule is CN(C)C(=O)c1ccc2c(c1)COc1cc(-c3ccccc3F)c(C(=O)N[C@@H](CO)Cc3c[nH]c4ccccc34)cc1-2. The first kappa shape index (κ1) is 27.2. The fourth-order valence-corrected chi connectivity index (χ4v) is 5.51. The van der Waals surface area contributed by atoms with E-state index in [9.17, 15) is 14.7 Å². The summed E-state index contributed by atoms with van der Waals surface area (Å²) in [7, 11) is 3.39. The summed E-state index contributed by atoms with van der Waals surface area (Å²) in [5, 5.41) is 14.2. The highest BCUT2D eigenvalue weighted by Gasteiger charge is 2.26. The van der Waals surface area contributed by atoms with Crippen LogP contribution in [0.5, 0.6) is 5.75 Å². The Hall–Kier alpha value is -4.95. The van der Waals surface area contributed by atoms with Gasteiger partial charge in [-0.3, -0.25) is 9.59 Å². The minimum absolute atomic E-state index is 0.121. The first-order valence-corrected chi connectivity index (χ1v) is 13.7. The van der Waals surface area contributed by atoms with E-state index in [1.165, 1.54) is 11.0 Å². The van der Waals surface area contributed by atoms with Gasteiger partial charge in [-0.2, -0.15) is 0 Å². The molecule has 42 heavy (non-hydrogen) atoms. The van der Waals surface area contributed by atoms with Gasteiger partial charge in [-0.05, 0) is 59.5 Å². The summed E-state index contributed by atoms with van der Waals surface area (Å²) in [4.78, 5) is 31.2. The van der Waals surface area contributed by atoms with Crippen molar-refractivity contribution in [1.29, 1.82) is 0 Å². The molecule has 0 bridgehead atoms. The van der Waals surface area contributed by atoms with Crippen LogP contribution in [0.1, 0.15) is 31.8 Å². The molecule has 3 N–H and O–H groups in total.